The van der Waals surface area contributed by atoms with Crippen molar-refractivity contribution in [3.05, 3.63) is 70.8 Å². The summed E-state index contributed by atoms with van der Waals surface area (Å²) in [4.78, 5) is 28.1. The van der Waals surface area contributed by atoms with Crippen molar-refractivity contribution in [2.24, 2.45) is 11.5 Å². The van der Waals surface area contributed by atoms with E-state index in [1.807, 2.05) is 6.07 Å². The summed E-state index contributed by atoms with van der Waals surface area (Å²) < 4.78 is 0. The highest BCUT2D eigenvalue weighted by molar-refractivity contribution is 6.35. The molecule has 1 aliphatic rings. The minimum Gasteiger partial charge on any atom is -0.384 e. The van der Waals surface area contributed by atoms with Gasteiger partial charge in [0, 0.05) is 37.3 Å². The minimum absolute atomic E-state index is 0.0136. The third kappa shape index (κ3) is 4.17. The molecule has 8 nitrogen and oxygen atoms in total. The average Bonchev–Trinajstić information content (AvgIpc) is 2.68. The van der Waals surface area contributed by atoms with Crippen LogP contribution < -0.4 is 11.5 Å². The number of carbonyl (C=O) groups is 2. The van der Waals surface area contributed by atoms with Gasteiger partial charge >= 0.3 is 11.8 Å². The molecule has 2 aromatic rings. The average molecular weight is 378 g/mol. The number of carbonyl (C=O) groups excluding carboxylic acids is 2. The van der Waals surface area contributed by atoms with Gasteiger partial charge in [-0.3, -0.25) is 20.4 Å². The Bertz CT molecular complexity index is 938. The maximum Gasteiger partial charge on any atom is 0.312 e. The van der Waals surface area contributed by atoms with Gasteiger partial charge in [-0.05, 0) is 17.2 Å². The van der Waals surface area contributed by atoms with Crippen LogP contribution in [-0.4, -0.2) is 46.4 Å². The number of nitrogens with zero attached hydrogens (tertiary/aromatic N) is 2. The van der Waals surface area contributed by atoms with Crippen molar-refractivity contribution in [1.82, 2.24) is 9.80 Å². The van der Waals surface area contributed by atoms with Crippen molar-refractivity contribution in [2.75, 3.05) is 13.1 Å². The van der Waals surface area contributed by atoms with Crippen LogP contribution in [0.3, 0.4) is 0 Å². The molecule has 28 heavy (non-hydrogen) atoms. The Morgan fingerprint density at radius 2 is 1.32 bits per heavy atom. The Morgan fingerprint density at radius 1 is 0.786 bits per heavy atom. The molecule has 8 heteroatoms. The smallest absolute Gasteiger partial charge is 0.312 e. The van der Waals surface area contributed by atoms with Gasteiger partial charge < -0.3 is 21.3 Å². The van der Waals surface area contributed by atoms with Crippen LogP contribution in [-0.2, 0) is 22.7 Å². The molecule has 0 aliphatic carbocycles. The standard InChI is InChI=1S/C20H22N6O2/c21-17(22)15-6-4-13(5-7-15)11-25-8-9-26(20(28)19(25)27)12-14-2-1-3-16(10-14)18(23)24/h1-7,10H,8-9,11-12H2,(H3,21,22)(H3,23,24). The molecule has 0 saturated carbocycles. The van der Waals surface area contributed by atoms with Crippen LogP contribution in [0, 0.1) is 10.8 Å². The predicted octanol–water partition coefficient (Wildman–Crippen LogP) is 0.626. The van der Waals surface area contributed by atoms with E-state index in [-0.39, 0.29) is 11.7 Å². The summed E-state index contributed by atoms with van der Waals surface area (Å²) in [7, 11) is 0. The number of amidine groups is 2. The van der Waals surface area contributed by atoms with Gasteiger partial charge in [0.2, 0.25) is 0 Å². The van der Waals surface area contributed by atoms with Crippen LogP contribution in [0.1, 0.15) is 22.3 Å². The molecule has 1 aliphatic heterocycles. The summed E-state index contributed by atoms with van der Waals surface area (Å²) in [6.45, 7) is 1.50. The summed E-state index contributed by atoms with van der Waals surface area (Å²) in [6.07, 6.45) is 0. The summed E-state index contributed by atoms with van der Waals surface area (Å²) >= 11 is 0. The summed E-state index contributed by atoms with van der Waals surface area (Å²) in [6, 6.07) is 14.1. The van der Waals surface area contributed by atoms with Crippen molar-refractivity contribution in [3.8, 4) is 0 Å². The van der Waals surface area contributed by atoms with Crippen LogP contribution in [0.2, 0.25) is 0 Å². The molecule has 1 heterocycles. The van der Waals surface area contributed by atoms with Gasteiger partial charge in [0.15, 0.2) is 0 Å². The Hall–Kier alpha value is -3.68. The molecule has 0 spiro atoms. The Balaban J connectivity index is 1.64. The Labute approximate surface area is 162 Å². The molecule has 0 bridgehead atoms. The molecular weight excluding hydrogens is 356 g/mol. The monoisotopic (exact) mass is 378 g/mol. The number of rotatable bonds is 6. The first kappa shape index (κ1) is 19.1. The van der Waals surface area contributed by atoms with Crippen molar-refractivity contribution in [3.63, 3.8) is 0 Å². The van der Waals surface area contributed by atoms with Crippen molar-refractivity contribution in [1.29, 1.82) is 10.8 Å². The van der Waals surface area contributed by atoms with E-state index in [4.69, 9.17) is 22.3 Å². The molecule has 0 unspecified atom stereocenters. The van der Waals surface area contributed by atoms with Gasteiger partial charge in [-0.1, -0.05) is 42.5 Å². The third-order valence-corrected chi connectivity index (χ3v) is 4.65. The van der Waals surface area contributed by atoms with Crippen LogP contribution in [0.15, 0.2) is 48.5 Å². The normalized spacial score (nSPS) is 14.3. The summed E-state index contributed by atoms with van der Waals surface area (Å²) in [5, 5.41) is 14.9. The quantitative estimate of drug-likeness (QED) is 0.332. The van der Waals surface area contributed by atoms with E-state index in [0.717, 1.165) is 11.1 Å². The third-order valence-electron chi connectivity index (χ3n) is 4.65. The molecule has 0 aromatic heterocycles. The first-order chi connectivity index (χ1) is 13.3. The zero-order valence-electron chi connectivity index (χ0n) is 15.3. The second kappa shape index (κ2) is 7.91. The lowest BCUT2D eigenvalue weighted by atomic mass is 10.1. The topological polar surface area (TPSA) is 140 Å². The van der Waals surface area contributed by atoms with Gasteiger partial charge in [-0.2, -0.15) is 0 Å². The van der Waals surface area contributed by atoms with Crippen LogP contribution in [0.25, 0.3) is 0 Å². The molecule has 2 aromatic carbocycles. The lowest BCUT2D eigenvalue weighted by molar-refractivity contribution is -0.156. The van der Waals surface area contributed by atoms with Gasteiger partial charge in [-0.15, -0.1) is 0 Å². The summed E-state index contributed by atoms with van der Waals surface area (Å²) in [5.74, 6) is -1.13. The lowest BCUT2D eigenvalue weighted by Crippen LogP contribution is -2.53. The fourth-order valence-electron chi connectivity index (χ4n) is 3.08. The first-order valence-electron chi connectivity index (χ1n) is 8.80. The number of piperazine rings is 1. The zero-order chi connectivity index (χ0) is 20.3. The molecule has 0 radical (unpaired) electrons. The zero-order valence-corrected chi connectivity index (χ0v) is 15.3. The largest absolute Gasteiger partial charge is 0.384 e. The van der Waals surface area contributed by atoms with Gasteiger partial charge in [0.1, 0.15) is 11.7 Å². The number of hydrogen-bond acceptors (Lipinski definition) is 4. The second-order valence-electron chi connectivity index (χ2n) is 6.68. The highest BCUT2D eigenvalue weighted by Gasteiger charge is 2.32. The van der Waals surface area contributed by atoms with Gasteiger partial charge in [0.05, 0.1) is 0 Å². The molecule has 2 amide bonds. The molecule has 6 N–H and O–H groups in total. The van der Waals surface area contributed by atoms with Crippen molar-refractivity contribution < 1.29 is 9.59 Å². The van der Waals surface area contributed by atoms with Gasteiger partial charge in [-0.25, -0.2) is 0 Å². The van der Waals surface area contributed by atoms with E-state index in [9.17, 15) is 9.59 Å². The second-order valence-corrected chi connectivity index (χ2v) is 6.68. The number of nitrogen functional groups attached to an aromatic ring is 2. The number of amides is 2. The van der Waals surface area contributed by atoms with E-state index in [0.29, 0.717) is 37.3 Å². The number of hydrogen-bond donors (Lipinski definition) is 4. The number of nitrogens with one attached hydrogen (secondary N) is 2. The first-order valence-corrected chi connectivity index (χ1v) is 8.80. The molecule has 1 saturated heterocycles. The number of nitrogens with two attached hydrogens (primary N) is 2. The van der Waals surface area contributed by atoms with Crippen LogP contribution >= 0.6 is 0 Å². The molecule has 144 valence electrons. The lowest BCUT2D eigenvalue weighted by Gasteiger charge is -2.34. The fourth-order valence-corrected chi connectivity index (χ4v) is 3.08. The Kier molecular flexibility index (Phi) is 5.39. The number of benzene rings is 2. The molecular formula is C20H22N6O2. The van der Waals surface area contributed by atoms with E-state index in [1.54, 1.807) is 42.5 Å². The molecule has 1 fully saturated rings. The van der Waals surface area contributed by atoms with Crippen LogP contribution in [0.4, 0.5) is 0 Å². The van der Waals surface area contributed by atoms with Crippen molar-refractivity contribution >= 4 is 23.5 Å². The van der Waals surface area contributed by atoms with E-state index >= 15 is 0 Å². The maximum absolute atomic E-state index is 12.5. The molecule has 3 rings (SSSR count). The summed E-state index contributed by atoms with van der Waals surface area (Å²) in [5.41, 5.74) is 13.8. The highest BCUT2D eigenvalue weighted by atomic mass is 16.2. The minimum atomic E-state index is -0.542. The predicted molar refractivity (Wildman–Crippen MR) is 106 cm³/mol. The molecule has 0 atom stereocenters. The SMILES string of the molecule is N=C(N)c1ccc(CN2CCN(Cc3cccc(C(=N)N)c3)C(=O)C2=O)cc1. The Morgan fingerprint density at radius 3 is 1.86 bits per heavy atom. The van der Waals surface area contributed by atoms with E-state index in [2.05, 4.69) is 0 Å². The van der Waals surface area contributed by atoms with Crippen molar-refractivity contribution in [2.45, 2.75) is 13.1 Å². The van der Waals surface area contributed by atoms with E-state index < -0.39 is 11.8 Å². The highest BCUT2D eigenvalue weighted by Crippen LogP contribution is 2.15. The van der Waals surface area contributed by atoms with Gasteiger partial charge in [0.25, 0.3) is 0 Å². The maximum atomic E-state index is 12.5. The fraction of sp³-hybridized carbons (Fsp3) is 0.200. The van der Waals surface area contributed by atoms with Crippen LogP contribution in [0.5, 0.6) is 0 Å². The van der Waals surface area contributed by atoms with E-state index in [1.165, 1.54) is 9.80 Å².